The molecule has 0 spiro atoms. The summed E-state index contributed by atoms with van der Waals surface area (Å²) >= 11 is 0. The fourth-order valence-corrected chi connectivity index (χ4v) is 4.20. The van der Waals surface area contributed by atoms with Gasteiger partial charge < -0.3 is 9.47 Å². The van der Waals surface area contributed by atoms with Gasteiger partial charge in [-0.3, -0.25) is 0 Å². The average molecular weight is 194 g/mol. The van der Waals surface area contributed by atoms with E-state index in [4.69, 9.17) is 9.47 Å². The topological polar surface area (TPSA) is 18.5 Å². The molecule has 0 radical (unpaired) electrons. The van der Waals surface area contributed by atoms with Crippen LogP contribution in [-0.4, -0.2) is 19.0 Å². The lowest BCUT2D eigenvalue weighted by Gasteiger charge is -2.27. The summed E-state index contributed by atoms with van der Waals surface area (Å²) in [6, 6.07) is 0. The Labute approximate surface area is 85.0 Å². The fourth-order valence-electron chi connectivity index (χ4n) is 4.20. The molecule has 0 aromatic carbocycles. The van der Waals surface area contributed by atoms with Crippen LogP contribution in [0, 0.1) is 23.7 Å². The molecule has 0 N–H and O–H groups in total. The van der Waals surface area contributed by atoms with Gasteiger partial charge in [0.25, 0.3) is 0 Å². The van der Waals surface area contributed by atoms with Gasteiger partial charge in [0.15, 0.2) is 6.29 Å². The van der Waals surface area contributed by atoms with Crippen LogP contribution >= 0.6 is 0 Å². The smallest absolute Gasteiger partial charge is 0.157 e. The quantitative estimate of drug-likeness (QED) is 0.671. The molecule has 4 aliphatic carbocycles. The van der Waals surface area contributed by atoms with Gasteiger partial charge in [0.05, 0.1) is 6.10 Å². The zero-order valence-electron chi connectivity index (χ0n) is 8.52. The molecule has 0 aromatic rings. The first-order valence-corrected chi connectivity index (χ1v) is 6.20. The van der Waals surface area contributed by atoms with Gasteiger partial charge in [-0.2, -0.15) is 0 Å². The highest BCUT2D eigenvalue weighted by Crippen LogP contribution is 2.71. The molecular formula is C12H18O2. The Morgan fingerprint density at radius 1 is 1.07 bits per heavy atom. The van der Waals surface area contributed by atoms with Crippen molar-refractivity contribution in [2.45, 2.75) is 44.5 Å². The van der Waals surface area contributed by atoms with E-state index in [1.54, 1.807) is 0 Å². The first kappa shape index (κ1) is 8.12. The number of hydrogen-bond acceptors (Lipinski definition) is 2. The Morgan fingerprint density at radius 3 is 2.50 bits per heavy atom. The Hall–Kier alpha value is -0.0800. The first-order chi connectivity index (χ1) is 6.93. The molecule has 0 aromatic heterocycles. The molecule has 2 heteroatoms. The van der Waals surface area contributed by atoms with Crippen LogP contribution in [0.25, 0.3) is 0 Å². The van der Waals surface area contributed by atoms with Gasteiger partial charge in [-0.1, -0.05) is 0 Å². The molecule has 5 rings (SSSR count). The number of ether oxygens (including phenoxy) is 2. The van der Waals surface area contributed by atoms with Crippen molar-refractivity contribution in [3.63, 3.8) is 0 Å². The second kappa shape index (κ2) is 2.73. The second-order valence-electron chi connectivity index (χ2n) is 5.53. The van der Waals surface area contributed by atoms with Crippen molar-refractivity contribution >= 4 is 0 Å². The van der Waals surface area contributed by atoms with Crippen molar-refractivity contribution in [3.8, 4) is 0 Å². The van der Waals surface area contributed by atoms with Crippen LogP contribution in [0.2, 0.25) is 0 Å². The van der Waals surface area contributed by atoms with Gasteiger partial charge in [0.2, 0.25) is 0 Å². The average Bonchev–Trinajstić information content (AvgIpc) is 2.60. The Kier molecular flexibility index (Phi) is 1.58. The first-order valence-electron chi connectivity index (χ1n) is 6.20. The molecule has 14 heavy (non-hydrogen) atoms. The zero-order chi connectivity index (χ0) is 9.12. The minimum atomic E-state index is 0.148. The Balaban J connectivity index is 1.41. The molecule has 1 aliphatic heterocycles. The molecule has 1 heterocycles. The van der Waals surface area contributed by atoms with E-state index in [2.05, 4.69) is 0 Å². The molecule has 4 bridgehead atoms. The largest absolute Gasteiger partial charge is 0.353 e. The fraction of sp³-hybridized carbons (Fsp3) is 1.00. The molecular weight excluding hydrogens is 176 g/mol. The maximum atomic E-state index is 6.14. The Bertz CT molecular complexity index is 233. The molecule has 4 unspecified atom stereocenters. The van der Waals surface area contributed by atoms with Crippen LogP contribution in [0.3, 0.4) is 0 Å². The SMILES string of the molecule is C1CCC(OC2C3CC4C(C3)C42)OC1. The van der Waals surface area contributed by atoms with Gasteiger partial charge in [-0.25, -0.2) is 0 Å². The summed E-state index contributed by atoms with van der Waals surface area (Å²) in [7, 11) is 0. The van der Waals surface area contributed by atoms with Crippen molar-refractivity contribution in [1.82, 2.24) is 0 Å². The molecule has 4 atom stereocenters. The number of rotatable bonds is 2. The third-order valence-electron chi connectivity index (χ3n) is 4.84. The summed E-state index contributed by atoms with van der Waals surface area (Å²) in [5.41, 5.74) is 0. The minimum absolute atomic E-state index is 0.148. The lowest BCUT2D eigenvalue weighted by molar-refractivity contribution is -0.195. The van der Waals surface area contributed by atoms with Gasteiger partial charge >= 0.3 is 0 Å². The van der Waals surface area contributed by atoms with Crippen molar-refractivity contribution < 1.29 is 9.47 Å². The predicted molar refractivity (Wildman–Crippen MR) is 51.7 cm³/mol. The molecule has 5 aliphatic rings. The monoisotopic (exact) mass is 194 g/mol. The molecule has 4 saturated carbocycles. The van der Waals surface area contributed by atoms with E-state index >= 15 is 0 Å². The van der Waals surface area contributed by atoms with E-state index in [-0.39, 0.29) is 6.29 Å². The van der Waals surface area contributed by atoms with E-state index in [1.807, 2.05) is 0 Å². The molecule has 5 fully saturated rings. The van der Waals surface area contributed by atoms with Crippen molar-refractivity contribution in [2.75, 3.05) is 6.61 Å². The van der Waals surface area contributed by atoms with Crippen LogP contribution in [0.5, 0.6) is 0 Å². The van der Waals surface area contributed by atoms with Gasteiger partial charge in [-0.15, -0.1) is 0 Å². The number of hydrogen-bond donors (Lipinski definition) is 0. The van der Waals surface area contributed by atoms with E-state index < -0.39 is 0 Å². The normalized spacial score (nSPS) is 59.1. The summed E-state index contributed by atoms with van der Waals surface area (Å²) in [6.45, 7) is 0.916. The standard InChI is InChI=1S/C12H18O2/c1-2-4-13-10(3-1)14-12-7-5-8-9(6-7)11(8)12/h7-12H,1-6H2. The van der Waals surface area contributed by atoms with Crippen molar-refractivity contribution in [3.05, 3.63) is 0 Å². The summed E-state index contributed by atoms with van der Waals surface area (Å²) in [5, 5.41) is 0. The van der Waals surface area contributed by atoms with Crippen LogP contribution in [0.15, 0.2) is 0 Å². The summed E-state index contributed by atoms with van der Waals surface area (Å²) in [6.07, 6.45) is 7.31. The Morgan fingerprint density at radius 2 is 1.93 bits per heavy atom. The van der Waals surface area contributed by atoms with Crippen molar-refractivity contribution in [1.29, 1.82) is 0 Å². The second-order valence-corrected chi connectivity index (χ2v) is 5.53. The molecule has 78 valence electrons. The van der Waals surface area contributed by atoms with Crippen molar-refractivity contribution in [2.24, 2.45) is 23.7 Å². The lowest BCUT2D eigenvalue weighted by atomic mass is 10.1. The summed E-state index contributed by atoms with van der Waals surface area (Å²) in [5.74, 6) is 3.98. The third kappa shape index (κ3) is 0.989. The van der Waals surface area contributed by atoms with E-state index in [0.717, 1.165) is 36.7 Å². The van der Waals surface area contributed by atoms with Crippen LogP contribution < -0.4 is 0 Å². The highest BCUT2D eigenvalue weighted by atomic mass is 16.7. The maximum absolute atomic E-state index is 6.14. The van der Waals surface area contributed by atoms with Gasteiger partial charge in [0.1, 0.15) is 0 Å². The van der Waals surface area contributed by atoms with Crippen LogP contribution in [-0.2, 0) is 9.47 Å². The third-order valence-corrected chi connectivity index (χ3v) is 4.84. The molecule has 0 amide bonds. The summed E-state index contributed by atoms with van der Waals surface area (Å²) < 4.78 is 11.8. The van der Waals surface area contributed by atoms with Crippen LogP contribution in [0.4, 0.5) is 0 Å². The lowest BCUT2D eigenvalue weighted by Crippen LogP contribution is -2.29. The van der Waals surface area contributed by atoms with E-state index in [0.29, 0.717) is 6.10 Å². The minimum Gasteiger partial charge on any atom is -0.353 e. The predicted octanol–water partition coefficient (Wildman–Crippen LogP) is 2.18. The van der Waals surface area contributed by atoms with E-state index in [1.165, 1.54) is 25.7 Å². The van der Waals surface area contributed by atoms with E-state index in [9.17, 15) is 0 Å². The highest BCUT2D eigenvalue weighted by Gasteiger charge is 2.69. The van der Waals surface area contributed by atoms with Gasteiger partial charge in [0, 0.05) is 6.61 Å². The molecule has 2 nitrogen and oxygen atoms in total. The zero-order valence-corrected chi connectivity index (χ0v) is 8.52. The summed E-state index contributed by atoms with van der Waals surface area (Å²) in [4.78, 5) is 0. The maximum Gasteiger partial charge on any atom is 0.157 e. The highest BCUT2D eigenvalue weighted by molar-refractivity contribution is 5.17. The molecule has 1 saturated heterocycles. The van der Waals surface area contributed by atoms with Crippen LogP contribution in [0.1, 0.15) is 32.1 Å². The van der Waals surface area contributed by atoms with Gasteiger partial charge in [-0.05, 0) is 55.8 Å².